The van der Waals surface area contributed by atoms with E-state index in [1.54, 1.807) is 4.90 Å². The summed E-state index contributed by atoms with van der Waals surface area (Å²) < 4.78 is 2.05. The summed E-state index contributed by atoms with van der Waals surface area (Å²) in [4.78, 5) is 26.9. The van der Waals surface area contributed by atoms with E-state index in [2.05, 4.69) is 22.1 Å². The van der Waals surface area contributed by atoms with Gasteiger partial charge in [0.05, 0.1) is 17.1 Å². The number of amides is 2. The number of allylic oxidation sites excluding steroid dienone is 1. The van der Waals surface area contributed by atoms with Gasteiger partial charge in [-0.25, -0.2) is 0 Å². The highest BCUT2D eigenvalue weighted by atomic mass is 32.2. The van der Waals surface area contributed by atoms with Gasteiger partial charge < -0.3 is 14.8 Å². The Bertz CT molecular complexity index is 921. The lowest BCUT2D eigenvalue weighted by molar-refractivity contribution is -0.117. The van der Waals surface area contributed by atoms with E-state index in [1.165, 1.54) is 11.8 Å². The van der Waals surface area contributed by atoms with Crippen LogP contribution in [0.4, 0.5) is 11.4 Å². The molecule has 4 rings (SSSR count). The number of aromatic nitrogens is 3. The van der Waals surface area contributed by atoms with Crippen LogP contribution < -0.4 is 10.2 Å². The molecule has 0 radical (unpaired) electrons. The highest BCUT2D eigenvalue weighted by Gasteiger charge is 2.32. The molecule has 1 aromatic heterocycles. The second-order valence-electron chi connectivity index (χ2n) is 7.19. The number of carbonyl (C=O) groups is 2. The third-order valence-corrected chi connectivity index (χ3v) is 5.90. The molecule has 0 bridgehead atoms. The number of nitrogens with zero attached hydrogens (tertiary/aromatic N) is 4. The third kappa shape index (κ3) is 3.69. The summed E-state index contributed by atoms with van der Waals surface area (Å²) in [6.07, 6.45) is 4.37. The van der Waals surface area contributed by atoms with Crippen molar-refractivity contribution in [2.45, 2.75) is 49.8 Å². The van der Waals surface area contributed by atoms with Gasteiger partial charge in [-0.1, -0.05) is 30.0 Å². The summed E-state index contributed by atoms with van der Waals surface area (Å²) in [6.45, 7) is 6.35. The van der Waals surface area contributed by atoms with Gasteiger partial charge in [-0.3, -0.25) is 9.59 Å². The second kappa shape index (κ2) is 7.79. The number of fused-ring (bicyclic) bond motifs is 1. The Morgan fingerprint density at radius 1 is 1.36 bits per heavy atom. The Hall–Kier alpha value is -2.61. The van der Waals surface area contributed by atoms with E-state index in [9.17, 15) is 9.59 Å². The molecule has 1 atom stereocenters. The molecule has 2 aliphatic rings. The number of carbonyl (C=O) groups excluding carboxylic acids is 2. The minimum atomic E-state index is -0.218. The van der Waals surface area contributed by atoms with Crippen LogP contribution in [0, 0.1) is 0 Å². The SMILES string of the molecule is C=CCn1c(SCC(=O)N2c3ccccc3NC(=O)CC2C)nnc1C1CC1. The minimum Gasteiger partial charge on any atom is -0.324 e. The Morgan fingerprint density at radius 3 is 2.89 bits per heavy atom. The highest BCUT2D eigenvalue weighted by Crippen LogP contribution is 2.40. The molecule has 1 aromatic carbocycles. The Balaban J connectivity index is 1.54. The zero-order chi connectivity index (χ0) is 19.7. The van der Waals surface area contributed by atoms with Gasteiger partial charge in [0.15, 0.2) is 5.16 Å². The van der Waals surface area contributed by atoms with E-state index in [-0.39, 0.29) is 30.0 Å². The van der Waals surface area contributed by atoms with E-state index < -0.39 is 0 Å². The number of anilines is 2. The van der Waals surface area contributed by atoms with Crippen LogP contribution in [0.15, 0.2) is 42.1 Å². The van der Waals surface area contributed by atoms with Gasteiger partial charge in [-0.15, -0.1) is 16.8 Å². The van der Waals surface area contributed by atoms with Crippen LogP contribution in [-0.4, -0.2) is 38.4 Å². The summed E-state index contributed by atoms with van der Waals surface area (Å²) in [5, 5.41) is 12.2. The molecule has 1 saturated carbocycles. The first-order chi connectivity index (χ1) is 13.6. The van der Waals surface area contributed by atoms with Crippen LogP contribution in [0.25, 0.3) is 0 Å². The number of thioether (sulfide) groups is 1. The van der Waals surface area contributed by atoms with E-state index in [1.807, 2.05) is 41.8 Å². The third-order valence-electron chi connectivity index (χ3n) is 4.95. The molecule has 0 saturated heterocycles. The summed E-state index contributed by atoms with van der Waals surface area (Å²) in [6, 6.07) is 7.19. The average molecular weight is 398 g/mol. The van der Waals surface area contributed by atoms with Crippen molar-refractivity contribution in [3.63, 3.8) is 0 Å². The van der Waals surface area contributed by atoms with Gasteiger partial charge in [-0.2, -0.15) is 0 Å². The number of hydrogen-bond donors (Lipinski definition) is 1. The zero-order valence-corrected chi connectivity index (χ0v) is 16.6. The van der Waals surface area contributed by atoms with Crippen molar-refractivity contribution >= 4 is 35.0 Å². The molecule has 1 aliphatic heterocycles. The van der Waals surface area contributed by atoms with Crippen molar-refractivity contribution < 1.29 is 9.59 Å². The first-order valence-electron chi connectivity index (χ1n) is 9.46. The molecular weight excluding hydrogens is 374 g/mol. The molecule has 8 heteroatoms. The fourth-order valence-electron chi connectivity index (χ4n) is 3.51. The fraction of sp³-hybridized carbons (Fsp3) is 0.400. The monoisotopic (exact) mass is 397 g/mol. The fourth-order valence-corrected chi connectivity index (χ4v) is 4.33. The Morgan fingerprint density at radius 2 is 2.14 bits per heavy atom. The van der Waals surface area contributed by atoms with E-state index in [4.69, 9.17) is 0 Å². The molecule has 2 aromatic rings. The summed E-state index contributed by atoms with van der Waals surface area (Å²) in [5.41, 5.74) is 1.40. The maximum absolute atomic E-state index is 13.1. The number of rotatable bonds is 6. The second-order valence-corrected chi connectivity index (χ2v) is 8.13. The van der Waals surface area contributed by atoms with Crippen molar-refractivity contribution in [1.29, 1.82) is 0 Å². The van der Waals surface area contributed by atoms with Crippen molar-refractivity contribution in [2.24, 2.45) is 0 Å². The van der Waals surface area contributed by atoms with Crippen LogP contribution >= 0.6 is 11.8 Å². The molecule has 1 unspecified atom stereocenters. The normalized spacial score (nSPS) is 19.0. The largest absolute Gasteiger partial charge is 0.324 e. The Kier molecular flexibility index (Phi) is 5.21. The van der Waals surface area contributed by atoms with E-state index in [0.717, 1.165) is 29.5 Å². The highest BCUT2D eigenvalue weighted by molar-refractivity contribution is 7.99. The smallest absolute Gasteiger partial charge is 0.237 e. The molecule has 1 fully saturated rings. The van der Waals surface area contributed by atoms with Crippen molar-refractivity contribution in [1.82, 2.24) is 14.8 Å². The quantitative estimate of drug-likeness (QED) is 0.598. The summed E-state index contributed by atoms with van der Waals surface area (Å²) in [7, 11) is 0. The number of benzene rings is 1. The molecule has 146 valence electrons. The molecule has 2 amide bonds. The van der Waals surface area contributed by atoms with E-state index >= 15 is 0 Å². The average Bonchev–Trinajstić information content (AvgIpc) is 3.44. The van der Waals surface area contributed by atoms with Gasteiger partial charge in [0.1, 0.15) is 5.82 Å². The first-order valence-corrected chi connectivity index (χ1v) is 10.4. The van der Waals surface area contributed by atoms with Crippen LogP contribution in [0.2, 0.25) is 0 Å². The number of nitrogens with one attached hydrogen (secondary N) is 1. The lowest BCUT2D eigenvalue weighted by Gasteiger charge is -2.27. The molecule has 7 nitrogen and oxygen atoms in total. The molecule has 28 heavy (non-hydrogen) atoms. The lowest BCUT2D eigenvalue weighted by Crippen LogP contribution is -2.40. The predicted molar refractivity (Wildman–Crippen MR) is 110 cm³/mol. The van der Waals surface area contributed by atoms with Gasteiger partial charge in [0, 0.05) is 24.9 Å². The molecule has 2 heterocycles. The zero-order valence-electron chi connectivity index (χ0n) is 15.8. The van der Waals surface area contributed by atoms with Crippen LogP contribution in [-0.2, 0) is 16.1 Å². The van der Waals surface area contributed by atoms with E-state index in [0.29, 0.717) is 18.2 Å². The van der Waals surface area contributed by atoms with Crippen molar-refractivity contribution in [3.05, 3.63) is 42.7 Å². The summed E-state index contributed by atoms with van der Waals surface area (Å²) in [5.74, 6) is 1.56. The summed E-state index contributed by atoms with van der Waals surface area (Å²) >= 11 is 1.38. The molecule has 0 spiro atoms. The predicted octanol–water partition coefficient (Wildman–Crippen LogP) is 3.20. The number of hydrogen-bond acceptors (Lipinski definition) is 5. The molecule has 1 N–H and O–H groups in total. The lowest BCUT2D eigenvalue weighted by atomic mass is 10.2. The molecular formula is C20H23N5O2S. The van der Waals surface area contributed by atoms with Gasteiger partial charge in [-0.05, 0) is 31.9 Å². The van der Waals surface area contributed by atoms with Crippen LogP contribution in [0.3, 0.4) is 0 Å². The first kappa shape index (κ1) is 18.7. The van der Waals surface area contributed by atoms with Gasteiger partial charge in [0.25, 0.3) is 0 Å². The minimum absolute atomic E-state index is 0.0532. The molecule has 1 aliphatic carbocycles. The topological polar surface area (TPSA) is 80.1 Å². The van der Waals surface area contributed by atoms with Crippen LogP contribution in [0.5, 0.6) is 0 Å². The maximum atomic E-state index is 13.1. The van der Waals surface area contributed by atoms with Crippen LogP contribution in [0.1, 0.15) is 37.9 Å². The maximum Gasteiger partial charge on any atom is 0.237 e. The standard InChI is InChI=1S/C20H23N5O2S/c1-3-10-24-19(14-8-9-14)22-23-20(24)28-12-18(27)25-13(2)11-17(26)21-15-6-4-5-7-16(15)25/h3-7,13-14H,1,8-12H2,2H3,(H,21,26). The van der Waals surface area contributed by atoms with Crippen molar-refractivity contribution in [2.75, 3.05) is 16.0 Å². The van der Waals surface area contributed by atoms with Crippen molar-refractivity contribution in [3.8, 4) is 0 Å². The Labute approximate surface area is 168 Å². The van der Waals surface area contributed by atoms with Gasteiger partial charge in [0.2, 0.25) is 11.8 Å². The number of para-hydroxylation sites is 2. The van der Waals surface area contributed by atoms with Gasteiger partial charge >= 0.3 is 0 Å².